The Labute approximate surface area is 116 Å². The lowest BCUT2D eigenvalue weighted by atomic mass is 10.2. The van der Waals surface area contributed by atoms with E-state index in [2.05, 4.69) is 15.8 Å². The van der Waals surface area contributed by atoms with Gasteiger partial charge in [-0.05, 0) is 26.0 Å². The molecule has 1 aromatic carbocycles. The minimum atomic E-state index is -0.442. The predicted molar refractivity (Wildman–Crippen MR) is 74.3 cm³/mol. The van der Waals surface area contributed by atoms with Crippen molar-refractivity contribution in [1.29, 1.82) is 0 Å². The van der Waals surface area contributed by atoms with E-state index in [1.807, 2.05) is 19.1 Å². The van der Waals surface area contributed by atoms with Crippen LogP contribution in [0.15, 0.2) is 34.9 Å². The maximum atomic E-state index is 11.7. The number of carbonyl (C=O) groups is 2. The normalized spacial score (nSPS) is 10.1. The maximum absolute atomic E-state index is 11.7. The van der Waals surface area contributed by atoms with Crippen LogP contribution in [0, 0.1) is 13.8 Å². The van der Waals surface area contributed by atoms with Gasteiger partial charge in [0.15, 0.2) is 5.82 Å². The van der Waals surface area contributed by atoms with Crippen molar-refractivity contribution in [3.05, 3.63) is 41.7 Å². The van der Waals surface area contributed by atoms with E-state index < -0.39 is 5.91 Å². The van der Waals surface area contributed by atoms with Gasteiger partial charge in [0.05, 0.1) is 0 Å². The molecule has 2 rings (SSSR count). The fourth-order valence-corrected chi connectivity index (χ4v) is 1.60. The Morgan fingerprint density at radius 3 is 2.35 bits per heavy atom. The lowest BCUT2D eigenvalue weighted by Crippen LogP contribution is -2.21. The molecule has 2 aromatic rings. The molecule has 0 spiro atoms. The molecule has 1 heterocycles. The van der Waals surface area contributed by atoms with Gasteiger partial charge in [0.25, 0.3) is 0 Å². The van der Waals surface area contributed by atoms with E-state index in [1.165, 1.54) is 0 Å². The van der Waals surface area contributed by atoms with Gasteiger partial charge >= 0.3 is 0 Å². The van der Waals surface area contributed by atoms with Crippen molar-refractivity contribution >= 4 is 23.3 Å². The largest absolute Gasteiger partial charge is 0.360 e. The SMILES string of the molecule is Cc1ccc(NC(=O)CC(=O)Nc2cc(C)on2)cc1. The molecular weight excluding hydrogens is 258 g/mol. The molecule has 0 saturated heterocycles. The van der Waals surface area contributed by atoms with Crippen LogP contribution in [-0.2, 0) is 9.59 Å². The zero-order chi connectivity index (χ0) is 14.5. The van der Waals surface area contributed by atoms with Gasteiger partial charge in [0, 0.05) is 11.8 Å². The van der Waals surface area contributed by atoms with Crippen LogP contribution in [0.25, 0.3) is 0 Å². The number of hydrogen-bond donors (Lipinski definition) is 2. The number of benzene rings is 1. The second kappa shape index (κ2) is 6.01. The fraction of sp³-hybridized carbons (Fsp3) is 0.214. The van der Waals surface area contributed by atoms with Crippen molar-refractivity contribution in [3.63, 3.8) is 0 Å². The molecule has 6 heteroatoms. The summed E-state index contributed by atoms with van der Waals surface area (Å²) in [4.78, 5) is 23.3. The molecule has 0 aliphatic carbocycles. The number of anilines is 2. The molecule has 0 unspecified atom stereocenters. The smallest absolute Gasteiger partial charge is 0.235 e. The summed E-state index contributed by atoms with van der Waals surface area (Å²) < 4.78 is 4.81. The number of aromatic nitrogens is 1. The summed E-state index contributed by atoms with van der Waals surface area (Å²) in [6.07, 6.45) is -0.278. The van der Waals surface area contributed by atoms with Gasteiger partial charge in [-0.2, -0.15) is 0 Å². The lowest BCUT2D eigenvalue weighted by Gasteiger charge is -2.05. The molecule has 0 saturated carbocycles. The molecule has 0 atom stereocenters. The average Bonchev–Trinajstić information content (AvgIpc) is 2.77. The van der Waals surface area contributed by atoms with Crippen LogP contribution in [0.5, 0.6) is 0 Å². The first kappa shape index (κ1) is 13.8. The molecule has 0 fully saturated rings. The summed E-state index contributed by atoms with van der Waals surface area (Å²) >= 11 is 0. The third kappa shape index (κ3) is 3.94. The highest BCUT2D eigenvalue weighted by atomic mass is 16.5. The highest BCUT2D eigenvalue weighted by Gasteiger charge is 2.11. The Morgan fingerprint density at radius 1 is 1.10 bits per heavy atom. The summed E-state index contributed by atoms with van der Waals surface area (Å²) in [5, 5.41) is 8.75. The predicted octanol–water partition coefficient (Wildman–Crippen LogP) is 2.26. The molecule has 104 valence electrons. The van der Waals surface area contributed by atoms with Gasteiger partial charge in [-0.1, -0.05) is 22.9 Å². The van der Waals surface area contributed by atoms with Gasteiger partial charge < -0.3 is 15.2 Å². The first-order chi connectivity index (χ1) is 9.52. The third-order valence-electron chi connectivity index (χ3n) is 2.55. The second-order valence-electron chi connectivity index (χ2n) is 4.46. The van der Waals surface area contributed by atoms with E-state index in [-0.39, 0.29) is 12.3 Å². The quantitative estimate of drug-likeness (QED) is 0.837. The summed E-state index contributed by atoms with van der Waals surface area (Å²) in [5.41, 5.74) is 1.76. The van der Waals surface area contributed by atoms with E-state index in [0.29, 0.717) is 17.3 Å². The average molecular weight is 273 g/mol. The Balaban J connectivity index is 1.84. The van der Waals surface area contributed by atoms with E-state index in [0.717, 1.165) is 5.56 Å². The van der Waals surface area contributed by atoms with Crippen LogP contribution in [-0.4, -0.2) is 17.0 Å². The topological polar surface area (TPSA) is 84.2 Å². The van der Waals surface area contributed by atoms with Crippen molar-refractivity contribution in [3.8, 4) is 0 Å². The Hall–Kier alpha value is -2.63. The molecular formula is C14H15N3O3. The fourth-order valence-electron chi connectivity index (χ4n) is 1.60. The molecule has 0 aliphatic heterocycles. The molecule has 20 heavy (non-hydrogen) atoms. The van der Waals surface area contributed by atoms with E-state index in [9.17, 15) is 9.59 Å². The Bertz CT molecular complexity index is 617. The number of rotatable bonds is 4. The van der Waals surface area contributed by atoms with Crippen molar-refractivity contribution < 1.29 is 14.1 Å². The monoisotopic (exact) mass is 273 g/mol. The van der Waals surface area contributed by atoms with E-state index in [4.69, 9.17) is 4.52 Å². The van der Waals surface area contributed by atoms with Crippen LogP contribution in [0.2, 0.25) is 0 Å². The number of aryl methyl sites for hydroxylation is 2. The van der Waals surface area contributed by atoms with Crippen LogP contribution in [0.4, 0.5) is 11.5 Å². The Kier molecular flexibility index (Phi) is 4.14. The van der Waals surface area contributed by atoms with Crippen LogP contribution >= 0.6 is 0 Å². The van der Waals surface area contributed by atoms with E-state index >= 15 is 0 Å². The van der Waals surface area contributed by atoms with Gasteiger partial charge in [-0.15, -0.1) is 0 Å². The summed E-state index contributed by atoms with van der Waals surface area (Å²) in [7, 11) is 0. The highest BCUT2D eigenvalue weighted by molar-refractivity contribution is 6.07. The molecule has 1 aromatic heterocycles. The maximum Gasteiger partial charge on any atom is 0.235 e. The van der Waals surface area contributed by atoms with Crippen molar-refractivity contribution in [1.82, 2.24) is 5.16 Å². The second-order valence-corrected chi connectivity index (χ2v) is 4.46. The first-order valence-corrected chi connectivity index (χ1v) is 6.12. The van der Waals surface area contributed by atoms with Gasteiger partial charge in [0.2, 0.25) is 11.8 Å². The standard InChI is InChI=1S/C14H15N3O3/c1-9-3-5-11(6-4-9)15-13(18)8-14(19)16-12-7-10(2)20-17-12/h3-7H,8H2,1-2H3,(H,15,18)(H,16,17,19). The van der Waals surface area contributed by atoms with Gasteiger partial charge in [0.1, 0.15) is 12.2 Å². The molecule has 0 radical (unpaired) electrons. The van der Waals surface area contributed by atoms with Crippen molar-refractivity contribution in [2.45, 2.75) is 20.3 Å². The number of nitrogens with one attached hydrogen (secondary N) is 2. The first-order valence-electron chi connectivity index (χ1n) is 6.12. The Morgan fingerprint density at radius 2 is 1.75 bits per heavy atom. The van der Waals surface area contributed by atoms with Crippen molar-refractivity contribution in [2.24, 2.45) is 0 Å². The van der Waals surface area contributed by atoms with E-state index in [1.54, 1.807) is 25.1 Å². The number of amides is 2. The summed E-state index contributed by atoms with van der Waals surface area (Å²) in [6.45, 7) is 3.67. The zero-order valence-electron chi connectivity index (χ0n) is 11.3. The minimum absolute atomic E-state index is 0.278. The minimum Gasteiger partial charge on any atom is -0.360 e. The molecule has 6 nitrogen and oxygen atoms in total. The van der Waals surface area contributed by atoms with Gasteiger partial charge in [-0.3, -0.25) is 9.59 Å². The summed E-state index contributed by atoms with van der Waals surface area (Å²) in [5.74, 6) is 0.0644. The molecule has 2 amide bonds. The summed E-state index contributed by atoms with van der Waals surface area (Å²) in [6, 6.07) is 8.91. The van der Waals surface area contributed by atoms with Crippen LogP contribution < -0.4 is 10.6 Å². The zero-order valence-corrected chi connectivity index (χ0v) is 11.3. The molecule has 2 N–H and O–H groups in total. The van der Waals surface area contributed by atoms with Crippen molar-refractivity contribution in [2.75, 3.05) is 10.6 Å². The van der Waals surface area contributed by atoms with Crippen LogP contribution in [0.3, 0.4) is 0 Å². The lowest BCUT2D eigenvalue weighted by molar-refractivity contribution is -0.123. The number of nitrogens with zero attached hydrogens (tertiary/aromatic N) is 1. The number of hydrogen-bond acceptors (Lipinski definition) is 4. The van der Waals surface area contributed by atoms with Crippen LogP contribution in [0.1, 0.15) is 17.7 Å². The third-order valence-corrected chi connectivity index (χ3v) is 2.55. The molecule has 0 aliphatic rings. The highest BCUT2D eigenvalue weighted by Crippen LogP contribution is 2.10. The van der Waals surface area contributed by atoms with Gasteiger partial charge in [-0.25, -0.2) is 0 Å². The molecule has 0 bridgehead atoms. The number of carbonyl (C=O) groups excluding carboxylic acids is 2.